The van der Waals surface area contributed by atoms with E-state index in [0.29, 0.717) is 18.6 Å². The van der Waals surface area contributed by atoms with Crippen molar-refractivity contribution in [3.8, 4) is 0 Å². The smallest absolute Gasteiger partial charge is 0.241 e. The molecule has 0 spiro atoms. The van der Waals surface area contributed by atoms with Crippen molar-refractivity contribution >= 4 is 23.4 Å². The molecule has 0 saturated carbocycles. The fourth-order valence-corrected chi connectivity index (χ4v) is 4.00. The van der Waals surface area contributed by atoms with Gasteiger partial charge in [-0.15, -0.1) is 11.8 Å². The summed E-state index contributed by atoms with van der Waals surface area (Å²) in [6.45, 7) is 7.60. The number of fused-ring (bicyclic) bond motifs is 1. The standard InChI is InChI=1S/C16H23N3OS/c1-12-10-18(13(2)9-17-12)11-16(20)19-7-8-21-15-6-4-3-5-14(15)19/h3-6,12-13,17H,7-11H2,1-2H3. The molecule has 1 aromatic rings. The number of benzene rings is 1. The minimum absolute atomic E-state index is 0.226. The number of nitrogens with zero attached hydrogens (tertiary/aromatic N) is 2. The summed E-state index contributed by atoms with van der Waals surface area (Å²) in [6, 6.07) is 9.09. The minimum Gasteiger partial charge on any atom is -0.311 e. The van der Waals surface area contributed by atoms with Crippen LogP contribution in [0.5, 0.6) is 0 Å². The number of amides is 1. The topological polar surface area (TPSA) is 35.6 Å². The van der Waals surface area contributed by atoms with Gasteiger partial charge in [-0.25, -0.2) is 0 Å². The number of rotatable bonds is 2. The Kier molecular flexibility index (Phi) is 4.52. The Labute approximate surface area is 130 Å². The number of anilines is 1. The zero-order valence-electron chi connectivity index (χ0n) is 12.7. The third-order valence-corrected chi connectivity index (χ3v) is 5.30. The summed E-state index contributed by atoms with van der Waals surface area (Å²) >= 11 is 1.84. The van der Waals surface area contributed by atoms with Crippen molar-refractivity contribution in [1.82, 2.24) is 10.2 Å². The third kappa shape index (κ3) is 3.25. The van der Waals surface area contributed by atoms with Gasteiger partial charge >= 0.3 is 0 Å². The second kappa shape index (κ2) is 6.38. The molecule has 3 rings (SSSR count). The van der Waals surface area contributed by atoms with Gasteiger partial charge in [0.25, 0.3) is 0 Å². The van der Waals surface area contributed by atoms with Crippen molar-refractivity contribution < 1.29 is 4.79 Å². The van der Waals surface area contributed by atoms with Gasteiger partial charge < -0.3 is 10.2 Å². The monoisotopic (exact) mass is 305 g/mol. The van der Waals surface area contributed by atoms with Crippen LogP contribution in [0.1, 0.15) is 13.8 Å². The van der Waals surface area contributed by atoms with E-state index in [2.05, 4.69) is 36.2 Å². The number of carbonyl (C=O) groups is 1. The maximum atomic E-state index is 12.7. The summed E-state index contributed by atoms with van der Waals surface area (Å²) in [5.74, 6) is 1.21. The number of nitrogens with one attached hydrogen (secondary N) is 1. The Hall–Kier alpha value is -1.04. The number of thioether (sulfide) groups is 1. The van der Waals surface area contributed by atoms with Crippen molar-refractivity contribution in [2.24, 2.45) is 0 Å². The fourth-order valence-electron chi connectivity index (χ4n) is 3.01. The molecule has 2 aliphatic rings. The van der Waals surface area contributed by atoms with Gasteiger partial charge in [0.1, 0.15) is 0 Å². The molecule has 5 heteroatoms. The van der Waals surface area contributed by atoms with Crippen LogP contribution in [0.4, 0.5) is 5.69 Å². The molecule has 2 heterocycles. The average molecular weight is 305 g/mol. The molecule has 1 N–H and O–H groups in total. The van der Waals surface area contributed by atoms with Crippen LogP contribution in [-0.4, -0.2) is 54.8 Å². The molecule has 0 aromatic heterocycles. The lowest BCUT2D eigenvalue weighted by Crippen LogP contribution is -2.57. The first-order valence-electron chi connectivity index (χ1n) is 7.65. The van der Waals surface area contributed by atoms with Crippen LogP contribution in [0, 0.1) is 0 Å². The lowest BCUT2D eigenvalue weighted by molar-refractivity contribution is -0.120. The normalized spacial score (nSPS) is 26.5. The minimum atomic E-state index is 0.226. The van der Waals surface area contributed by atoms with Crippen LogP contribution >= 0.6 is 11.8 Å². The summed E-state index contributed by atoms with van der Waals surface area (Å²) in [7, 11) is 0. The van der Waals surface area contributed by atoms with Crippen molar-refractivity contribution in [3.63, 3.8) is 0 Å². The molecule has 0 radical (unpaired) electrons. The third-order valence-electron chi connectivity index (χ3n) is 4.26. The number of hydrogen-bond acceptors (Lipinski definition) is 4. The zero-order valence-corrected chi connectivity index (χ0v) is 13.5. The molecule has 4 nitrogen and oxygen atoms in total. The number of piperazine rings is 1. The Balaban J connectivity index is 1.71. The van der Waals surface area contributed by atoms with Gasteiger partial charge in [0, 0.05) is 42.4 Å². The molecule has 2 unspecified atom stereocenters. The summed E-state index contributed by atoms with van der Waals surface area (Å²) in [5.41, 5.74) is 1.08. The summed E-state index contributed by atoms with van der Waals surface area (Å²) in [5, 5.41) is 3.46. The second-order valence-electron chi connectivity index (χ2n) is 5.95. The van der Waals surface area contributed by atoms with Gasteiger partial charge in [0.15, 0.2) is 0 Å². The van der Waals surface area contributed by atoms with Crippen LogP contribution in [0.25, 0.3) is 0 Å². The van der Waals surface area contributed by atoms with E-state index in [9.17, 15) is 4.79 Å². The van der Waals surface area contributed by atoms with E-state index in [1.807, 2.05) is 28.8 Å². The van der Waals surface area contributed by atoms with Crippen molar-refractivity contribution in [2.75, 3.05) is 36.8 Å². The summed E-state index contributed by atoms with van der Waals surface area (Å²) in [6.07, 6.45) is 0. The van der Waals surface area contributed by atoms with Crippen LogP contribution < -0.4 is 10.2 Å². The molecule has 1 aromatic carbocycles. The quantitative estimate of drug-likeness (QED) is 0.904. The van der Waals surface area contributed by atoms with E-state index in [0.717, 1.165) is 31.1 Å². The van der Waals surface area contributed by atoms with Gasteiger partial charge in [-0.3, -0.25) is 9.69 Å². The Bertz CT molecular complexity index is 522. The highest BCUT2D eigenvalue weighted by molar-refractivity contribution is 7.99. The number of hydrogen-bond donors (Lipinski definition) is 1. The van der Waals surface area contributed by atoms with E-state index in [1.54, 1.807) is 0 Å². The molecule has 0 aliphatic carbocycles. The number of para-hydroxylation sites is 1. The maximum Gasteiger partial charge on any atom is 0.241 e. The zero-order chi connectivity index (χ0) is 14.8. The summed E-state index contributed by atoms with van der Waals surface area (Å²) in [4.78, 5) is 18.2. The molecule has 21 heavy (non-hydrogen) atoms. The highest BCUT2D eigenvalue weighted by Crippen LogP contribution is 2.34. The largest absolute Gasteiger partial charge is 0.311 e. The molecule has 2 aliphatic heterocycles. The first-order valence-corrected chi connectivity index (χ1v) is 8.63. The van der Waals surface area contributed by atoms with E-state index in [1.165, 1.54) is 4.90 Å². The van der Waals surface area contributed by atoms with Crippen LogP contribution in [0.2, 0.25) is 0 Å². The SMILES string of the molecule is CC1CN(CC(=O)N2CCSc3ccccc32)C(C)CN1. The van der Waals surface area contributed by atoms with Gasteiger partial charge in [-0.2, -0.15) is 0 Å². The highest BCUT2D eigenvalue weighted by atomic mass is 32.2. The van der Waals surface area contributed by atoms with Crippen LogP contribution in [0.15, 0.2) is 29.2 Å². The lowest BCUT2D eigenvalue weighted by atomic mass is 10.1. The Morgan fingerprint density at radius 2 is 2.19 bits per heavy atom. The van der Waals surface area contributed by atoms with Crippen molar-refractivity contribution in [3.05, 3.63) is 24.3 Å². The summed E-state index contributed by atoms with van der Waals surface area (Å²) < 4.78 is 0. The van der Waals surface area contributed by atoms with Crippen LogP contribution in [-0.2, 0) is 4.79 Å². The van der Waals surface area contributed by atoms with E-state index in [-0.39, 0.29) is 5.91 Å². The molecule has 0 bridgehead atoms. The van der Waals surface area contributed by atoms with Crippen molar-refractivity contribution in [1.29, 1.82) is 0 Å². The predicted octanol–water partition coefficient (Wildman–Crippen LogP) is 1.81. The first kappa shape index (κ1) is 14.9. The second-order valence-corrected chi connectivity index (χ2v) is 7.09. The lowest BCUT2D eigenvalue weighted by Gasteiger charge is -2.38. The maximum absolute atomic E-state index is 12.7. The molecule has 1 saturated heterocycles. The fraction of sp³-hybridized carbons (Fsp3) is 0.562. The molecular formula is C16H23N3OS. The number of carbonyl (C=O) groups excluding carboxylic acids is 1. The predicted molar refractivity (Wildman–Crippen MR) is 88.0 cm³/mol. The van der Waals surface area contributed by atoms with E-state index < -0.39 is 0 Å². The van der Waals surface area contributed by atoms with Gasteiger partial charge in [-0.05, 0) is 26.0 Å². The van der Waals surface area contributed by atoms with E-state index >= 15 is 0 Å². The Morgan fingerprint density at radius 3 is 3.05 bits per heavy atom. The molecular weight excluding hydrogens is 282 g/mol. The average Bonchev–Trinajstić information content (AvgIpc) is 2.50. The van der Waals surface area contributed by atoms with E-state index in [4.69, 9.17) is 0 Å². The van der Waals surface area contributed by atoms with Gasteiger partial charge in [0.05, 0.1) is 12.2 Å². The molecule has 1 amide bonds. The first-order chi connectivity index (χ1) is 10.1. The van der Waals surface area contributed by atoms with Crippen LogP contribution in [0.3, 0.4) is 0 Å². The molecule has 2 atom stereocenters. The van der Waals surface area contributed by atoms with Gasteiger partial charge in [-0.1, -0.05) is 12.1 Å². The van der Waals surface area contributed by atoms with Gasteiger partial charge in [0.2, 0.25) is 5.91 Å². The van der Waals surface area contributed by atoms with Crippen molar-refractivity contribution in [2.45, 2.75) is 30.8 Å². The Morgan fingerprint density at radius 1 is 1.38 bits per heavy atom. The molecule has 114 valence electrons. The highest BCUT2D eigenvalue weighted by Gasteiger charge is 2.28. The molecule has 1 fully saturated rings.